The first-order valence-corrected chi connectivity index (χ1v) is 18.9. The Balaban J connectivity index is 0. The van der Waals surface area contributed by atoms with E-state index >= 15 is 0 Å². The molecule has 21 heavy (non-hydrogen) atoms. The van der Waals surface area contributed by atoms with Gasteiger partial charge in [0, 0.05) is 8.15 Å². The molecule has 0 saturated heterocycles. The van der Waals surface area contributed by atoms with E-state index in [1.54, 1.807) is 4.09 Å². The molecule has 1 nitrogen and oxygen atoms in total. The van der Waals surface area contributed by atoms with Crippen LogP contribution < -0.4 is 0 Å². The monoisotopic (exact) mass is 622 g/mol. The summed E-state index contributed by atoms with van der Waals surface area (Å²) in [5.74, 6) is 1.30. The van der Waals surface area contributed by atoms with Crippen molar-refractivity contribution in [1.82, 2.24) is 0 Å². The summed E-state index contributed by atoms with van der Waals surface area (Å²) < 4.78 is 1.73. The molecule has 1 N–H and O–H groups in total. The SMILES string of the molecule is CC(C)CP(O)CC(C)C.[CH3][Ir]([CH3])[C]1=CC=CC1.[Cl][Ru][Cl]. The Labute approximate surface area is 154 Å². The molecule has 0 aromatic heterocycles. The average molecular weight is 622 g/mol. The Morgan fingerprint density at radius 1 is 1.19 bits per heavy atom. The van der Waals surface area contributed by atoms with Crippen LogP contribution in [-0.4, -0.2) is 17.2 Å². The summed E-state index contributed by atoms with van der Waals surface area (Å²) in [5, 5.41) is 0. The van der Waals surface area contributed by atoms with Crippen LogP contribution in [0, 0.1) is 11.8 Å². The van der Waals surface area contributed by atoms with Crippen LogP contribution in [0.1, 0.15) is 34.1 Å². The van der Waals surface area contributed by atoms with Crippen molar-refractivity contribution < 1.29 is 36.5 Å². The summed E-state index contributed by atoms with van der Waals surface area (Å²) in [6.45, 7) is 8.63. The molecule has 0 spiro atoms. The van der Waals surface area contributed by atoms with E-state index in [4.69, 9.17) is 19.4 Å². The van der Waals surface area contributed by atoms with Gasteiger partial charge in [0.1, 0.15) is 0 Å². The summed E-state index contributed by atoms with van der Waals surface area (Å²) >= 11 is -1.00. The zero-order chi connectivity index (χ0) is 16.8. The summed E-state index contributed by atoms with van der Waals surface area (Å²) in [5.41, 5.74) is 4.80. The third-order valence-corrected chi connectivity index (χ3v) is 8.56. The molecule has 6 heteroatoms. The quantitative estimate of drug-likeness (QED) is 0.271. The van der Waals surface area contributed by atoms with Crippen molar-refractivity contribution in [1.29, 1.82) is 0 Å². The summed E-state index contributed by atoms with van der Waals surface area (Å²) in [7, 11) is 9.05. The minimum absolute atomic E-state index is 0.346. The van der Waals surface area contributed by atoms with Gasteiger partial charge in [-0.3, -0.25) is 0 Å². The second-order valence-electron chi connectivity index (χ2n) is 5.59. The van der Waals surface area contributed by atoms with E-state index in [2.05, 4.69) is 56.8 Å². The van der Waals surface area contributed by atoms with E-state index in [9.17, 15) is 4.89 Å². The fourth-order valence-electron chi connectivity index (χ4n) is 1.58. The van der Waals surface area contributed by atoms with Gasteiger partial charge in [0.15, 0.2) is 0 Å². The molecule has 0 aromatic carbocycles. The molecule has 132 valence electrons. The number of hydrogen-bond acceptors (Lipinski definition) is 1. The molecule has 1 aliphatic rings. The Bertz CT molecular complexity index is 287. The van der Waals surface area contributed by atoms with Gasteiger partial charge < -0.3 is 4.89 Å². The predicted octanol–water partition coefficient (Wildman–Crippen LogP) is 6.61. The molecule has 0 aliphatic heterocycles. The van der Waals surface area contributed by atoms with E-state index < -0.39 is 24.6 Å². The van der Waals surface area contributed by atoms with E-state index in [0.717, 1.165) is 12.3 Å². The van der Waals surface area contributed by atoms with Crippen molar-refractivity contribution in [2.24, 2.45) is 11.8 Å². The summed E-state index contributed by atoms with van der Waals surface area (Å²) in [6.07, 6.45) is 9.98. The molecule has 0 fully saturated rings. The number of hydrogen-bond donors (Lipinski definition) is 1. The fourth-order valence-corrected chi connectivity index (χ4v) is 5.70. The van der Waals surface area contributed by atoms with Crippen LogP contribution in [-0.2, 0) is 31.6 Å². The van der Waals surface area contributed by atoms with Crippen LogP contribution in [0.2, 0.25) is 10.9 Å². The normalized spacial score (nSPS) is 13.9. The molecular formula is C15H30Cl2IrOPRu. The van der Waals surface area contributed by atoms with E-state index in [1.165, 1.54) is 6.42 Å². The molecule has 0 saturated carbocycles. The van der Waals surface area contributed by atoms with Gasteiger partial charge in [-0.25, -0.2) is 0 Å². The molecule has 0 bridgehead atoms. The van der Waals surface area contributed by atoms with E-state index in [-0.39, 0.29) is 15.1 Å². The van der Waals surface area contributed by atoms with Crippen LogP contribution in [0.25, 0.3) is 0 Å². The first-order valence-electron chi connectivity index (χ1n) is 6.78. The minimum atomic E-state index is -0.659. The topological polar surface area (TPSA) is 20.2 Å². The van der Waals surface area contributed by atoms with Crippen LogP contribution in [0.15, 0.2) is 22.3 Å². The van der Waals surface area contributed by atoms with Crippen molar-refractivity contribution in [2.45, 2.75) is 45.0 Å². The third kappa shape index (κ3) is 19.7. The van der Waals surface area contributed by atoms with Crippen LogP contribution >= 0.6 is 27.5 Å². The van der Waals surface area contributed by atoms with Crippen LogP contribution in [0.5, 0.6) is 0 Å². The predicted molar refractivity (Wildman–Crippen MR) is 93.8 cm³/mol. The Hall–Kier alpha value is 1.72. The van der Waals surface area contributed by atoms with Gasteiger partial charge in [0.2, 0.25) is 0 Å². The standard InChI is InChI=1S/C8H19OP.C5H5.2CH3.2ClH.Ir.Ru/c1-7(2)5-10(9)6-8(3)4;1-2-4-5-3-1;;;;;;/h7-9H,5-6H2,1-4H3;1-3H,4H2;2*1H3;2*1H;;/q;;;;;;;+2/p-2. The van der Waals surface area contributed by atoms with E-state index in [1.807, 2.05) is 0 Å². The fraction of sp³-hybridized carbons (Fsp3) is 0.733. The van der Waals surface area contributed by atoms with Crippen molar-refractivity contribution in [3.63, 3.8) is 0 Å². The van der Waals surface area contributed by atoms with Crippen molar-refractivity contribution >= 4 is 27.5 Å². The first kappa shape index (κ1) is 25.0. The molecule has 0 radical (unpaired) electrons. The number of halogens is 2. The zero-order valence-electron chi connectivity index (χ0n) is 13.8. The average Bonchev–Trinajstić information content (AvgIpc) is 2.81. The molecule has 0 atom stereocenters. The Kier molecular flexibility index (Phi) is 19.7. The second kappa shape index (κ2) is 16.6. The maximum atomic E-state index is 9.45. The van der Waals surface area contributed by atoms with Crippen molar-refractivity contribution in [3.05, 3.63) is 22.3 Å². The van der Waals surface area contributed by atoms with E-state index in [0.29, 0.717) is 11.8 Å². The van der Waals surface area contributed by atoms with Gasteiger partial charge in [-0.1, -0.05) is 27.7 Å². The van der Waals surface area contributed by atoms with Gasteiger partial charge in [-0.2, -0.15) is 0 Å². The van der Waals surface area contributed by atoms with Gasteiger partial charge in [-0.05, 0) is 24.2 Å². The van der Waals surface area contributed by atoms with Gasteiger partial charge in [0.25, 0.3) is 0 Å². The molecule has 1 rings (SSSR count). The third-order valence-electron chi connectivity index (χ3n) is 2.29. The van der Waals surface area contributed by atoms with Crippen LogP contribution in [0.4, 0.5) is 0 Å². The summed E-state index contributed by atoms with van der Waals surface area (Å²) in [6, 6.07) is 0. The Morgan fingerprint density at radius 2 is 1.62 bits per heavy atom. The molecule has 0 heterocycles. The molecule has 1 aliphatic carbocycles. The molecule has 0 amide bonds. The van der Waals surface area contributed by atoms with Crippen molar-refractivity contribution in [3.8, 4) is 0 Å². The van der Waals surface area contributed by atoms with Gasteiger partial charge in [-0.15, -0.1) is 0 Å². The summed E-state index contributed by atoms with van der Waals surface area (Å²) in [4.78, 5) is 9.45. The van der Waals surface area contributed by atoms with Gasteiger partial charge in [0.05, 0.1) is 0 Å². The molecule has 0 unspecified atom stereocenters. The van der Waals surface area contributed by atoms with Gasteiger partial charge >= 0.3 is 90.6 Å². The zero-order valence-corrected chi connectivity index (χ0v) is 20.4. The number of allylic oxidation sites excluding steroid dienone is 4. The molecular weight excluding hydrogens is 591 g/mol. The maximum absolute atomic E-state index is 9.45. The number of rotatable bonds is 5. The second-order valence-corrected chi connectivity index (χ2v) is 16.3. The first-order chi connectivity index (χ1) is 9.74. The van der Waals surface area contributed by atoms with Crippen molar-refractivity contribution in [2.75, 3.05) is 12.3 Å². The molecule has 0 aromatic rings. The van der Waals surface area contributed by atoms with Crippen LogP contribution in [0.3, 0.4) is 0 Å². The Morgan fingerprint density at radius 3 is 1.81 bits per heavy atom.